The minimum atomic E-state index is -4.05. The van der Waals surface area contributed by atoms with Crippen molar-refractivity contribution in [3.63, 3.8) is 0 Å². The number of thiophene rings is 1. The van der Waals surface area contributed by atoms with Gasteiger partial charge in [-0.15, -0.1) is 11.3 Å². The second kappa shape index (κ2) is 12.4. The van der Waals surface area contributed by atoms with E-state index in [0.29, 0.717) is 41.4 Å². The summed E-state index contributed by atoms with van der Waals surface area (Å²) in [7, 11) is 0.684. The number of rotatable bonds is 11. The lowest BCUT2D eigenvalue weighted by atomic mass is 10.2. The zero-order chi connectivity index (χ0) is 26.3. The lowest BCUT2D eigenvalue weighted by Crippen LogP contribution is -2.34. The number of aryl methyl sites for hydroxylation is 1. The molecule has 0 aliphatic rings. The molecule has 0 fully saturated rings. The van der Waals surface area contributed by atoms with E-state index in [0.717, 1.165) is 27.3 Å². The van der Waals surface area contributed by atoms with E-state index >= 15 is 0 Å². The number of halogens is 1. The normalized spacial score (nSPS) is 11.1. The summed E-state index contributed by atoms with van der Waals surface area (Å²) < 4.78 is 43.8. The third-order valence-corrected chi connectivity index (χ3v) is 8.57. The number of carbonyl (C=O) groups is 1. The zero-order valence-corrected chi connectivity index (χ0v) is 23.4. The van der Waals surface area contributed by atoms with Crippen LogP contribution in [-0.2, 0) is 27.7 Å². The Hall–Kier alpha value is -2.87. The minimum Gasteiger partial charge on any atom is -0.497 e. The Balaban J connectivity index is 1.67. The Morgan fingerprint density at radius 3 is 2.53 bits per heavy atom. The van der Waals surface area contributed by atoms with E-state index in [4.69, 9.17) is 14.2 Å². The highest BCUT2D eigenvalue weighted by molar-refractivity contribution is 9.10. The van der Waals surface area contributed by atoms with Gasteiger partial charge in [-0.05, 0) is 42.8 Å². The Morgan fingerprint density at radius 1 is 1.08 bits per heavy atom. The summed E-state index contributed by atoms with van der Waals surface area (Å²) in [6.45, 7) is 2.69. The summed E-state index contributed by atoms with van der Waals surface area (Å²) >= 11 is 4.49. The number of urea groups is 1. The Morgan fingerprint density at radius 2 is 1.83 bits per heavy atom. The molecule has 0 aliphatic heterocycles. The van der Waals surface area contributed by atoms with Crippen LogP contribution < -0.4 is 24.8 Å². The fourth-order valence-corrected chi connectivity index (χ4v) is 6.12. The molecule has 36 heavy (non-hydrogen) atoms. The lowest BCUT2D eigenvalue weighted by Gasteiger charge is -2.13. The third kappa shape index (κ3) is 7.32. The molecule has 13 heteroatoms. The van der Waals surface area contributed by atoms with Crippen LogP contribution in [-0.4, -0.2) is 47.4 Å². The van der Waals surface area contributed by atoms with Crippen LogP contribution in [0.5, 0.6) is 11.5 Å². The first-order valence-electron chi connectivity index (χ1n) is 10.7. The number of nitrogens with one attached hydrogen (secondary N) is 3. The number of benzene rings is 1. The predicted molar refractivity (Wildman–Crippen MR) is 143 cm³/mol. The SMILES string of the molecule is COCCc1sc(S(=O)(=O)NC(=O)Nc2cc(Br)cc(NCc3ccc(OC)cc3OC)n2)cc1C. The van der Waals surface area contributed by atoms with Crippen LogP contribution in [0, 0.1) is 6.92 Å². The van der Waals surface area contributed by atoms with Crippen molar-refractivity contribution in [1.82, 2.24) is 9.71 Å². The van der Waals surface area contributed by atoms with Gasteiger partial charge < -0.3 is 19.5 Å². The summed E-state index contributed by atoms with van der Waals surface area (Å²) in [6, 6.07) is 9.37. The lowest BCUT2D eigenvalue weighted by molar-refractivity contribution is 0.203. The van der Waals surface area contributed by atoms with E-state index < -0.39 is 16.1 Å². The van der Waals surface area contributed by atoms with Gasteiger partial charge in [-0.2, -0.15) is 0 Å². The molecule has 1 aromatic carbocycles. The summed E-state index contributed by atoms with van der Waals surface area (Å²) in [5.74, 6) is 1.93. The molecular weight excluding hydrogens is 572 g/mol. The number of pyridine rings is 1. The fourth-order valence-electron chi connectivity index (χ4n) is 3.21. The Labute approximate surface area is 222 Å². The predicted octanol–water partition coefficient (Wildman–Crippen LogP) is 4.54. The topological polar surface area (TPSA) is 128 Å². The van der Waals surface area contributed by atoms with E-state index in [-0.39, 0.29) is 10.0 Å². The smallest absolute Gasteiger partial charge is 0.334 e. The number of aromatic nitrogens is 1. The summed E-state index contributed by atoms with van der Waals surface area (Å²) in [6.07, 6.45) is 0.592. The molecule has 0 unspecified atom stereocenters. The molecule has 3 rings (SSSR count). The maximum Gasteiger partial charge on any atom is 0.334 e. The van der Waals surface area contributed by atoms with Crippen LogP contribution >= 0.6 is 27.3 Å². The van der Waals surface area contributed by atoms with Crippen molar-refractivity contribution in [2.75, 3.05) is 38.6 Å². The van der Waals surface area contributed by atoms with E-state index in [1.165, 1.54) is 6.07 Å². The van der Waals surface area contributed by atoms with E-state index in [1.807, 2.05) is 23.8 Å². The molecule has 2 amide bonds. The average molecular weight is 600 g/mol. The molecular formula is C23H27BrN4O6S2. The molecule has 3 aromatic rings. The molecule has 3 N–H and O–H groups in total. The van der Waals surface area contributed by atoms with Crippen LogP contribution in [0.25, 0.3) is 0 Å². The first kappa shape index (κ1) is 27.7. The molecule has 2 heterocycles. The van der Waals surface area contributed by atoms with Gasteiger partial charge in [0, 0.05) is 41.1 Å². The van der Waals surface area contributed by atoms with Crippen LogP contribution in [0.3, 0.4) is 0 Å². The highest BCUT2D eigenvalue weighted by Crippen LogP contribution is 2.28. The van der Waals surface area contributed by atoms with Crippen LogP contribution in [0.2, 0.25) is 0 Å². The molecule has 0 saturated heterocycles. The number of methoxy groups -OCH3 is 3. The first-order valence-corrected chi connectivity index (χ1v) is 13.8. The number of sulfonamides is 1. The van der Waals surface area contributed by atoms with Crippen molar-refractivity contribution in [3.8, 4) is 11.5 Å². The van der Waals surface area contributed by atoms with Gasteiger partial charge in [-0.3, -0.25) is 5.32 Å². The van der Waals surface area contributed by atoms with Gasteiger partial charge in [0.15, 0.2) is 0 Å². The molecule has 0 bridgehead atoms. The van der Waals surface area contributed by atoms with E-state index in [9.17, 15) is 13.2 Å². The molecule has 0 atom stereocenters. The summed E-state index contributed by atoms with van der Waals surface area (Å²) in [4.78, 5) is 17.7. The molecule has 0 spiro atoms. The molecule has 0 radical (unpaired) electrons. The van der Waals surface area contributed by atoms with Crippen LogP contribution in [0.4, 0.5) is 16.4 Å². The molecule has 10 nitrogen and oxygen atoms in total. The average Bonchev–Trinajstić information content (AvgIpc) is 3.21. The zero-order valence-electron chi connectivity index (χ0n) is 20.2. The number of hydrogen-bond acceptors (Lipinski definition) is 9. The summed E-state index contributed by atoms with van der Waals surface area (Å²) in [5.41, 5.74) is 1.70. The van der Waals surface area contributed by atoms with Crippen LogP contribution in [0.15, 0.2) is 45.1 Å². The van der Waals surface area contributed by atoms with Crippen LogP contribution in [0.1, 0.15) is 16.0 Å². The van der Waals surface area contributed by atoms with Gasteiger partial charge in [0.25, 0.3) is 10.0 Å². The Bertz CT molecular complexity index is 1330. The highest BCUT2D eigenvalue weighted by Gasteiger charge is 2.22. The quantitative estimate of drug-likeness (QED) is 0.293. The fraction of sp³-hybridized carbons (Fsp3) is 0.304. The highest BCUT2D eigenvalue weighted by atomic mass is 79.9. The molecule has 0 saturated carbocycles. The van der Waals surface area contributed by atoms with Crippen molar-refractivity contribution >= 4 is 55.0 Å². The second-order valence-corrected chi connectivity index (χ2v) is 11.5. The van der Waals surface area contributed by atoms with Crippen molar-refractivity contribution in [2.24, 2.45) is 0 Å². The van der Waals surface area contributed by atoms with Crippen molar-refractivity contribution < 1.29 is 27.4 Å². The van der Waals surface area contributed by atoms with Gasteiger partial charge >= 0.3 is 6.03 Å². The number of ether oxygens (including phenoxy) is 3. The molecule has 0 aliphatic carbocycles. The van der Waals surface area contributed by atoms with E-state index in [2.05, 4.69) is 31.5 Å². The van der Waals surface area contributed by atoms with Crippen molar-refractivity contribution in [1.29, 1.82) is 0 Å². The van der Waals surface area contributed by atoms with Crippen molar-refractivity contribution in [2.45, 2.75) is 24.1 Å². The standard InChI is InChI=1S/C23H27BrN4O6S2/c1-14-9-22(35-19(14)7-8-32-2)36(30,31)28-23(29)27-21-11-16(24)10-20(26-21)25-13-15-5-6-17(33-3)12-18(15)34-4/h5-6,9-12H,7-8,13H2,1-4H3,(H3,25,26,27,28,29). The van der Waals surface area contributed by atoms with Gasteiger partial charge in [-0.25, -0.2) is 22.9 Å². The minimum absolute atomic E-state index is 0.0549. The number of nitrogens with zero attached hydrogens (tertiary/aromatic N) is 1. The van der Waals surface area contributed by atoms with Gasteiger partial charge in [0.2, 0.25) is 0 Å². The third-order valence-electron chi connectivity index (χ3n) is 5.01. The monoisotopic (exact) mass is 598 g/mol. The Kier molecular flexibility index (Phi) is 9.54. The number of anilines is 2. The molecule has 2 aromatic heterocycles. The van der Waals surface area contributed by atoms with E-state index in [1.54, 1.807) is 39.5 Å². The maximum atomic E-state index is 12.7. The first-order chi connectivity index (χ1) is 17.1. The number of hydrogen-bond donors (Lipinski definition) is 3. The number of carbonyl (C=O) groups excluding carboxylic acids is 1. The largest absolute Gasteiger partial charge is 0.497 e. The summed E-state index contributed by atoms with van der Waals surface area (Å²) in [5, 5.41) is 5.64. The second-order valence-electron chi connectivity index (χ2n) is 7.56. The maximum absolute atomic E-state index is 12.7. The van der Waals surface area contributed by atoms with Gasteiger partial charge in [0.1, 0.15) is 27.3 Å². The molecule has 194 valence electrons. The van der Waals surface area contributed by atoms with Gasteiger partial charge in [-0.1, -0.05) is 15.9 Å². The number of amides is 2. The van der Waals surface area contributed by atoms with Crippen molar-refractivity contribution in [3.05, 3.63) is 56.9 Å². The van der Waals surface area contributed by atoms with Gasteiger partial charge in [0.05, 0.1) is 20.8 Å².